The van der Waals surface area contributed by atoms with Gasteiger partial charge in [-0.05, 0) is 12.3 Å². The minimum absolute atomic E-state index is 0.0521. The Morgan fingerprint density at radius 1 is 1.33 bits per heavy atom. The number of carbonyl (C=O) groups is 2. The first kappa shape index (κ1) is 13.9. The lowest BCUT2D eigenvalue weighted by molar-refractivity contribution is -0.142. The molecule has 0 aliphatic rings. The molecule has 0 aromatic rings. The second-order valence-electron chi connectivity index (χ2n) is 3.72. The molecule has 0 heterocycles. The molecule has 0 aliphatic heterocycles. The summed E-state index contributed by atoms with van der Waals surface area (Å²) in [7, 11) is 0. The van der Waals surface area contributed by atoms with E-state index in [0.29, 0.717) is 6.42 Å². The minimum atomic E-state index is -1.03. The summed E-state index contributed by atoms with van der Waals surface area (Å²) < 4.78 is 0. The van der Waals surface area contributed by atoms with Crippen molar-refractivity contribution in [3.8, 4) is 0 Å². The van der Waals surface area contributed by atoms with E-state index in [-0.39, 0.29) is 5.92 Å². The zero-order valence-corrected chi connectivity index (χ0v) is 9.49. The Bertz CT molecular complexity index is 231. The normalized spacial score (nSPS) is 16.5. The van der Waals surface area contributed by atoms with Crippen molar-refractivity contribution in [1.29, 1.82) is 0 Å². The summed E-state index contributed by atoms with van der Waals surface area (Å²) in [6, 6.07) is -1.48. The van der Waals surface area contributed by atoms with Crippen LogP contribution in [0.5, 0.6) is 0 Å². The van der Waals surface area contributed by atoms with Crippen molar-refractivity contribution in [3.63, 3.8) is 0 Å². The summed E-state index contributed by atoms with van der Waals surface area (Å²) in [6.45, 7) is 5.51. The van der Waals surface area contributed by atoms with Gasteiger partial charge in [-0.25, -0.2) is 4.79 Å². The molecule has 3 atom stereocenters. The van der Waals surface area contributed by atoms with Crippen LogP contribution in [0.2, 0.25) is 0 Å². The summed E-state index contributed by atoms with van der Waals surface area (Å²) in [5.41, 5.74) is 5.67. The third kappa shape index (κ3) is 4.29. The summed E-state index contributed by atoms with van der Waals surface area (Å²) >= 11 is 0. The second-order valence-corrected chi connectivity index (χ2v) is 3.72. The number of carboxylic acids is 1. The largest absolute Gasteiger partial charge is 0.480 e. The highest BCUT2D eigenvalue weighted by Gasteiger charge is 2.24. The van der Waals surface area contributed by atoms with Gasteiger partial charge < -0.3 is 16.2 Å². The van der Waals surface area contributed by atoms with E-state index in [1.165, 1.54) is 0 Å². The van der Waals surface area contributed by atoms with Crippen LogP contribution in [0.4, 0.5) is 0 Å². The number of carboxylic acid groups (broad SMARTS) is 1. The fraction of sp³-hybridized carbons (Fsp3) is 0.800. The fourth-order valence-corrected chi connectivity index (χ4v) is 1.12. The predicted molar refractivity (Wildman–Crippen MR) is 57.3 cm³/mol. The van der Waals surface area contributed by atoms with Crippen LogP contribution in [0.25, 0.3) is 0 Å². The topological polar surface area (TPSA) is 92.4 Å². The van der Waals surface area contributed by atoms with Gasteiger partial charge in [0.15, 0.2) is 0 Å². The molecule has 0 saturated heterocycles. The Balaban J connectivity index is 4.28. The standard InChI is InChI=1S/C10H20N2O3/c1-4-6(3)8(11)9(13)12-7(5-2)10(14)15/h6-8H,4-5,11H2,1-3H3,(H,12,13)(H,14,15)/t6?,7-,8?/m0/s1. The van der Waals surface area contributed by atoms with Gasteiger partial charge in [0, 0.05) is 0 Å². The van der Waals surface area contributed by atoms with Crippen LogP contribution < -0.4 is 11.1 Å². The molecule has 0 saturated carbocycles. The lowest BCUT2D eigenvalue weighted by atomic mass is 9.99. The predicted octanol–water partition coefficient (Wildman–Crippen LogP) is 0.339. The average Bonchev–Trinajstić information content (AvgIpc) is 2.22. The molecule has 5 nitrogen and oxygen atoms in total. The number of nitrogens with one attached hydrogen (secondary N) is 1. The van der Waals surface area contributed by atoms with Crippen molar-refractivity contribution in [1.82, 2.24) is 5.32 Å². The summed E-state index contributed by atoms with van der Waals surface area (Å²) in [5, 5.41) is 11.2. The van der Waals surface area contributed by atoms with E-state index in [0.717, 1.165) is 6.42 Å². The number of carbonyl (C=O) groups excluding carboxylic acids is 1. The molecule has 5 heteroatoms. The lowest BCUT2D eigenvalue weighted by Gasteiger charge is -2.20. The first-order chi connectivity index (χ1) is 6.93. The number of hydrogen-bond donors (Lipinski definition) is 3. The molecule has 0 radical (unpaired) electrons. The Morgan fingerprint density at radius 2 is 1.87 bits per heavy atom. The quantitative estimate of drug-likeness (QED) is 0.597. The number of rotatable bonds is 6. The van der Waals surface area contributed by atoms with E-state index in [4.69, 9.17) is 10.8 Å². The third-order valence-electron chi connectivity index (χ3n) is 2.58. The molecule has 0 fully saturated rings. The van der Waals surface area contributed by atoms with Gasteiger partial charge in [0.2, 0.25) is 5.91 Å². The minimum Gasteiger partial charge on any atom is -0.480 e. The Kier molecular flexibility index (Phi) is 5.93. The first-order valence-corrected chi connectivity index (χ1v) is 5.22. The van der Waals surface area contributed by atoms with Crippen molar-refractivity contribution >= 4 is 11.9 Å². The Morgan fingerprint density at radius 3 is 2.20 bits per heavy atom. The summed E-state index contributed by atoms with van der Waals surface area (Å²) in [4.78, 5) is 22.2. The van der Waals surface area contributed by atoms with Crippen LogP contribution in [-0.2, 0) is 9.59 Å². The molecular weight excluding hydrogens is 196 g/mol. The SMILES string of the molecule is CCC(C)C(N)C(=O)N[C@@H](CC)C(=O)O. The van der Waals surface area contributed by atoms with Crippen LogP contribution in [0.15, 0.2) is 0 Å². The van der Waals surface area contributed by atoms with E-state index < -0.39 is 24.0 Å². The smallest absolute Gasteiger partial charge is 0.326 e. The van der Waals surface area contributed by atoms with E-state index >= 15 is 0 Å². The zero-order chi connectivity index (χ0) is 12.0. The molecule has 0 rings (SSSR count). The van der Waals surface area contributed by atoms with Crippen molar-refractivity contribution < 1.29 is 14.7 Å². The van der Waals surface area contributed by atoms with Crippen molar-refractivity contribution in [2.24, 2.45) is 11.7 Å². The molecule has 15 heavy (non-hydrogen) atoms. The molecule has 4 N–H and O–H groups in total. The maximum Gasteiger partial charge on any atom is 0.326 e. The van der Waals surface area contributed by atoms with Gasteiger partial charge in [0.1, 0.15) is 6.04 Å². The monoisotopic (exact) mass is 216 g/mol. The van der Waals surface area contributed by atoms with E-state index in [1.807, 2.05) is 13.8 Å². The number of nitrogens with two attached hydrogens (primary N) is 1. The lowest BCUT2D eigenvalue weighted by Crippen LogP contribution is -2.50. The van der Waals surface area contributed by atoms with Crippen molar-refractivity contribution in [2.75, 3.05) is 0 Å². The molecular formula is C10H20N2O3. The fourth-order valence-electron chi connectivity index (χ4n) is 1.12. The van der Waals surface area contributed by atoms with E-state index in [1.54, 1.807) is 6.92 Å². The first-order valence-electron chi connectivity index (χ1n) is 5.22. The Hall–Kier alpha value is -1.10. The number of aliphatic carboxylic acids is 1. The van der Waals surface area contributed by atoms with Gasteiger partial charge >= 0.3 is 5.97 Å². The second kappa shape index (κ2) is 6.40. The zero-order valence-electron chi connectivity index (χ0n) is 9.49. The average molecular weight is 216 g/mol. The molecule has 0 aromatic heterocycles. The summed E-state index contributed by atoms with van der Waals surface area (Å²) in [5.74, 6) is -1.36. The highest BCUT2D eigenvalue weighted by Crippen LogP contribution is 2.05. The van der Waals surface area contributed by atoms with Crippen LogP contribution in [0.1, 0.15) is 33.6 Å². The molecule has 0 aliphatic carbocycles. The Labute approximate surface area is 90.0 Å². The number of hydrogen-bond acceptors (Lipinski definition) is 3. The maximum atomic E-state index is 11.5. The molecule has 2 unspecified atom stereocenters. The molecule has 1 amide bonds. The van der Waals surface area contributed by atoms with Crippen LogP contribution >= 0.6 is 0 Å². The highest BCUT2D eigenvalue weighted by atomic mass is 16.4. The van der Waals surface area contributed by atoms with Crippen LogP contribution in [0.3, 0.4) is 0 Å². The van der Waals surface area contributed by atoms with Crippen molar-refractivity contribution in [3.05, 3.63) is 0 Å². The molecule has 88 valence electrons. The van der Waals surface area contributed by atoms with Gasteiger partial charge in [0.05, 0.1) is 6.04 Å². The van der Waals surface area contributed by atoms with Crippen LogP contribution in [-0.4, -0.2) is 29.1 Å². The van der Waals surface area contributed by atoms with E-state index in [9.17, 15) is 9.59 Å². The number of amides is 1. The molecule has 0 aromatic carbocycles. The molecule has 0 spiro atoms. The van der Waals surface area contributed by atoms with Gasteiger partial charge in [-0.3, -0.25) is 4.79 Å². The maximum absolute atomic E-state index is 11.5. The third-order valence-corrected chi connectivity index (χ3v) is 2.58. The van der Waals surface area contributed by atoms with Gasteiger partial charge in [0.25, 0.3) is 0 Å². The van der Waals surface area contributed by atoms with Gasteiger partial charge in [-0.2, -0.15) is 0 Å². The van der Waals surface area contributed by atoms with Gasteiger partial charge in [-0.1, -0.05) is 27.2 Å². The summed E-state index contributed by atoms with van der Waals surface area (Å²) in [6.07, 6.45) is 1.15. The van der Waals surface area contributed by atoms with Crippen LogP contribution in [0, 0.1) is 5.92 Å². The highest BCUT2D eigenvalue weighted by molar-refractivity contribution is 5.86. The van der Waals surface area contributed by atoms with Gasteiger partial charge in [-0.15, -0.1) is 0 Å². The van der Waals surface area contributed by atoms with E-state index in [2.05, 4.69) is 5.32 Å². The van der Waals surface area contributed by atoms with Crippen molar-refractivity contribution in [2.45, 2.75) is 45.7 Å². The molecule has 0 bridgehead atoms.